The normalized spacial score (nSPS) is 11.2. The van der Waals surface area contributed by atoms with Gasteiger partial charge in [-0.2, -0.15) is 0 Å². The van der Waals surface area contributed by atoms with E-state index in [0.717, 1.165) is 12.2 Å². The van der Waals surface area contributed by atoms with Crippen molar-refractivity contribution in [2.24, 2.45) is 0 Å². The van der Waals surface area contributed by atoms with Crippen LogP contribution in [-0.2, 0) is 0 Å². The van der Waals surface area contributed by atoms with Crippen LogP contribution in [0.1, 0.15) is 45.4 Å². The van der Waals surface area contributed by atoms with Gasteiger partial charge in [-0.05, 0) is 40.8 Å². The fourth-order valence-electron chi connectivity index (χ4n) is 3.18. The summed E-state index contributed by atoms with van der Waals surface area (Å²) >= 11 is 0. The Labute approximate surface area is 139 Å². The average Bonchev–Trinajstić information content (AvgIpc) is 2.59. The molecular formula is C22H26N. The second kappa shape index (κ2) is 8.01. The van der Waals surface area contributed by atoms with E-state index in [4.69, 9.17) is 5.32 Å². The minimum Gasteiger partial charge on any atom is -0.285 e. The van der Waals surface area contributed by atoms with Gasteiger partial charge < -0.3 is 0 Å². The smallest absolute Gasteiger partial charge is 0.0652 e. The molecule has 1 nitrogen and oxygen atoms in total. The summed E-state index contributed by atoms with van der Waals surface area (Å²) in [6.07, 6.45) is 7.91. The summed E-state index contributed by atoms with van der Waals surface area (Å²) in [6.45, 7) is 3.21. The summed E-state index contributed by atoms with van der Waals surface area (Å²) in [5, 5.41) is 10.0. The lowest BCUT2D eigenvalue weighted by atomic mass is 10.0. The van der Waals surface area contributed by atoms with Gasteiger partial charge >= 0.3 is 0 Å². The van der Waals surface area contributed by atoms with E-state index in [1.54, 1.807) is 0 Å². The van der Waals surface area contributed by atoms with Crippen LogP contribution in [-0.4, -0.2) is 6.54 Å². The molecule has 119 valence electrons. The van der Waals surface area contributed by atoms with Gasteiger partial charge in [0.25, 0.3) is 0 Å². The van der Waals surface area contributed by atoms with Gasteiger partial charge in [-0.15, -0.1) is 0 Å². The first-order chi connectivity index (χ1) is 11.4. The van der Waals surface area contributed by atoms with Crippen molar-refractivity contribution < 1.29 is 0 Å². The lowest BCUT2D eigenvalue weighted by Crippen LogP contribution is -2.00. The van der Waals surface area contributed by atoms with Gasteiger partial charge in [0.1, 0.15) is 0 Å². The predicted molar refractivity (Wildman–Crippen MR) is 101 cm³/mol. The van der Waals surface area contributed by atoms with E-state index in [0.29, 0.717) is 0 Å². The van der Waals surface area contributed by atoms with Crippen LogP contribution in [0.25, 0.3) is 21.5 Å². The summed E-state index contributed by atoms with van der Waals surface area (Å²) in [5.41, 5.74) is 1.14. The van der Waals surface area contributed by atoms with Crippen LogP contribution in [0.5, 0.6) is 0 Å². The van der Waals surface area contributed by atoms with Crippen LogP contribution in [0.3, 0.4) is 0 Å². The molecule has 0 spiro atoms. The zero-order valence-corrected chi connectivity index (χ0v) is 14.1. The Hall–Kier alpha value is -2.02. The summed E-state index contributed by atoms with van der Waals surface area (Å²) in [6, 6.07) is 19.6. The molecule has 3 rings (SSSR count). The van der Waals surface area contributed by atoms with E-state index in [9.17, 15) is 0 Å². The Morgan fingerprint density at radius 3 is 2.22 bits per heavy atom. The van der Waals surface area contributed by atoms with Gasteiger partial charge in [0.15, 0.2) is 0 Å². The van der Waals surface area contributed by atoms with Crippen molar-refractivity contribution in [1.29, 1.82) is 0 Å². The molecule has 0 unspecified atom stereocenters. The number of benzene rings is 3. The molecule has 3 aromatic rings. The first kappa shape index (κ1) is 15.9. The van der Waals surface area contributed by atoms with E-state index in [1.807, 2.05) is 0 Å². The van der Waals surface area contributed by atoms with E-state index >= 15 is 0 Å². The minimum absolute atomic E-state index is 0.943. The van der Waals surface area contributed by atoms with Crippen molar-refractivity contribution in [3.8, 4) is 0 Å². The molecule has 0 atom stereocenters. The molecule has 0 saturated carbocycles. The van der Waals surface area contributed by atoms with E-state index in [-0.39, 0.29) is 0 Å². The standard InChI is InChI=1S/C22H26N/c1-2-3-4-5-6-9-15-23-22-14-10-13-20-16-18-11-7-8-12-19(18)17-21(20)22/h7-8,10-14,16-17H,2-6,9,15H2,1H3. The molecule has 0 bridgehead atoms. The molecule has 23 heavy (non-hydrogen) atoms. The number of hydrogen-bond donors (Lipinski definition) is 0. The maximum absolute atomic E-state index is 4.86. The Morgan fingerprint density at radius 1 is 0.696 bits per heavy atom. The fraction of sp³-hybridized carbons (Fsp3) is 0.364. The molecule has 0 saturated heterocycles. The van der Waals surface area contributed by atoms with Gasteiger partial charge in [0, 0.05) is 11.9 Å². The van der Waals surface area contributed by atoms with Gasteiger partial charge in [-0.1, -0.05) is 75.4 Å². The number of fused-ring (bicyclic) bond motifs is 2. The highest BCUT2D eigenvalue weighted by Crippen LogP contribution is 2.28. The molecule has 0 aliphatic carbocycles. The lowest BCUT2D eigenvalue weighted by Gasteiger charge is -2.09. The zero-order valence-electron chi connectivity index (χ0n) is 14.1. The highest BCUT2D eigenvalue weighted by atomic mass is 14.9. The van der Waals surface area contributed by atoms with Crippen LogP contribution in [0.15, 0.2) is 54.6 Å². The molecule has 1 radical (unpaired) electrons. The van der Waals surface area contributed by atoms with Crippen molar-refractivity contribution >= 4 is 27.2 Å². The molecular weight excluding hydrogens is 278 g/mol. The molecule has 0 aliphatic rings. The third kappa shape index (κ3) is 4.04. The number of unbranched alkanes of at least 4 members (excludes halogenated alkanes) is 5. The SMILES string of the molecule is CCCCCCCC[N]c1cccc2cc3ccccc3cc12. The largest absolute Gasteiger partial charge is 0.285 e. The first-order valence-corrected chi connectivity index (χ1v) is 8.97. The minimum atomic E-state index is 0.943. The monoisotopic (exact) mass is 304 g/mol. The molecule has 0 aliphatic heterocycles. The van der Waals surface area contributed by atoms with Gasteiger partial charge in [0.2, 0.25) is 0 Å². The second-order valence-corrected chi connectivity index (χ2v) is 6.35. The zero-order chi connectivity index (χ0) is 15.9. The quantitative estimate of drug-likeness (QED) is 0.329. The molecule has 0 aromatic heterocycles. The first-order valence-electron chi connectivity index (χ1n) is 8.97. The lowest BCUT2D eigenvalue weighted by molar-refractivity contribution is 0.598. The van der Waals surface area contributed by atoms with Crippen molar-refractivity contribution in [3.05, 3.63) is 54.6 Å². The van der Waals surface area contributed by atoms with Crippen LogP contribution in [0, 0.1) is 0 Å². The number of hydrogen-bond acceptors (Lipinski definition) is 0. The number of rotatable bonds is 8. The Morgan fingerprint density at radius 2 is 1.39 bits per heavy atom. The molecule has 0 amide bonds. The average molecular weight is 304 g/mol. The van der Waals surface area contributed by atoms with Crippen LogP contribution >= 0.6 is 0 Å². The third-order valence-electron chi connectivity index (χ3n) is 4.52. The van der Waals surface area contributed by atoms with E-state index < -0.39 is 0 Å². The van der Waals surface area contributed by atoms with Gasteiger partial charge in [-0.3, -0.25) is 5.32 Å². The fourth-order valence-corrected chi connectivity index (χ4v) is 3.18. The topological polar surface area (TPSA) is 14.1 Å². The van der Waals surface area contributed by atoms with Gasteiger partial charge in [-0.25, -0.2) is 0 Å². The molecule has 1 heteroatoms. The van der Waals surface area contributed by atoms with Crippen molar-refractivity contribution in [2.75, 3.05) is 6.54 Å². The van der Waals surface area contributed by atoms with Crippen molar-refractivity contribution in [2.45, 2.75) is 45.4 Å². The highest BCUT2D eigenvalue weighted by molar-refractivity contribution is 6.02. The Kier molecular flexibility index (Phi) is 5.52. The summed E-state index contributed by atoms with van der Waals surface area (Å²) in [4.78, 5) is 0. The Balaban J connectivity index is 1.67. The summed E-state index contributed by atoms with van der Waals surface area (Å²) < 4.78 is 0. The van der Waals surface area contributed by atoms with Crippen LogP contribution in [0.2, 0.25) is 0 Å². The molecule has 0 N–H and O–H groups in total. The molecule has 0 heterocycles. The second-order valence-electron chi connectivity index (χ2n) is 6.35. The van der Waals surface area contributed by atoms with E-state index in [1.165, 1.54) is 60.1 Å². The highest BCUT2D eigenvalue weighted by Gasteiger charge is 2.03. The predicted octanol–water partition coefficient (Wildman–Crippen LogP) is 6.59. The summed E-state index contributed by atoms with van der Waals surface area (Å²) in [5.74, 6) is 0. The van der Waals surface area contributed by atoms with Gasteiger partial charge in [0.05, 0.1) is 5.69 Å². The third-order valence-corrected chi connectivity index (χ3v) is 4.52. The van der Waals surface area contributed by atoms with Crippen LogP contribution in [0.4, 0.5) is 5.69 Å². The van der Waals surface area contributed by atoms with Crippen molar-refractivity contribution in [1.82, 2.24) is 5.32 Å². The maximum atomic E-state index is 4.86. The number of nitrogens with zero attached hydrogens (tertiary/aromatic N) is 1. The summed E-state index contributed by atoms with van der Waals surface area (Å²) in [7, 11) is 0. The maximum Gasteiger partial charge on any atom is 0.0652 e. The Bertz CT molecular complexity index is 760. The van der Waals surface area contributed by atoms with Crippen LogP contribution < -0.4 is 5.32 Å². The molecule has 0 fully saturated rings. The molecule has 3 aromatic carbocycles. The van der Waals surface area contributed by atoms with E-state index in [2.05, 4.69) is 61.5 Å². The van der Waals surface area contributed by atoms with Crippen molar-refractivity contribution in [3.63, 3.8) is 0 Å².